The van der Waals surface area contributed by atoms with Crippen LogP contribution >= 0.6 is 0 Å². The lowest BCUT2D eigenvalue weighted by Crippen LogP contribution is -2.30. The summed E-state index contributed by atoms with van der Waals surface area (Å²) in [6, 6.07) is 7.79. The monoisotopic (exact) mass is 276 g/mol. The van der Waals surface area contributed by atoms with Gasteiger partial charge in [-0.05, 0) is 18.2 Å². The Morgan fingerprint density at radius 1 is 1.35 bits per heavy atom. The van der Waals surface area contributed by atoms with Gasteiger partial charge in [0.1, 0.15) is 12.4 Å². The summed E-state index contributed by atoms with van der Waals surface area (Å²) in [5.41, 5.74) is 7.49. The molecule has 5 N–H and O–H groups in total. The van der Waals surface area contributed by atoms with Gasteiger partial charge in [0.25, 0.3) is 5.91 Å². The average molecular weight is 276 g/mol. The number of carbonyl (C=O) groups excluding carboxylic acids is 2. The van der Waals surface area contributed by atoms with Crippen LogP contribution in [-0.4, -0.2) is 17.0 Å². The summed E-state index contributed by atoms with van der Waals surface area (Å²) in [5, 5.41) is 3.52. The molecule has 0 aliphatic rings. The van der Waals surface area contributed by atoms with E-state index in [0.29, 0.717) is 17.1 Å². The third-order valence-corrected chi connectivity index (χ3v) is 2.42. The van der Waals surface area contributed by atoms with E-state index in [-0.39, 0.29) is 12.3 Å². The maximum atomic E-state index is 11.2. The van der Waals surface area contributed by atoms with Crippen LogP contribution in [0.2, 0.25) is 0 Å². The smallest absolute Gasteiger partial charge is 0.287 e. The first kappa shape index (κ1) is 13.6. The summed E-state index contributed by atoms with van der Waals surface area (Å²) in [5.74, 6) is 4.65. The summed E-state index contributed by atoms with van der Waals surface area (Å²) < 4.78 is 10.3. The summed E-state index contributed by atoms with van der Waals surface area (Å²) in [4.78, 5) is 22.2. The van der Waals surface area contributed by atoms with Gasteiger partial charge in [-0.25, -0.2) is 5.84 Å². The summed E-state index contributed by atoms with van der Waals surface area (Å²) in [6.07, 6.45) is 0. The Morgan fingerprint density at radius 3 is 2.85 bits per heavy atom. The Bertz CT molecular complexity index is 638. The predicted octanol–water partition coefficient (Wildman–Crippen LogP) is -0.0440. The number of carbonyl (C=O) groups is 2. The molecule has 0 saturated carbocycles. The number of benzene rings is 1. The molecule has 0 saturated heterocycles. The van der Waals surface area contributed by atoms with E-state index in [2.05, 4.69) is 5.16 Å². The van der Waals surface area contributed by atoms with Gasteiger partial charge >= 0.3 is 0 Å². The van der Waals surface area contributed by atoms with Crippen LogP contribution in [0.4, 0.5) is 0 Å². The Hall–Kier alpha value is -2.87. The molecule has 8 heteroatoms. The Balaban J connectivity index is 2.01. The molecule has 0 unspecified atom stereocenters. The topological polar surface area (TPSA) is 133 Å². The summed E-state index contributed by atoms with van der Waals surface area (Å²) >= 11 is 0. The van der Waals surface area contributed by atoms with E-state index >= 15 is 0 Å². The van der Waals surface area contributed by atoms with Gasteiger partial charge in [0, 0.05) is 11.6 Å². The molecule has 1 heterocycles. The van der Waals surface area contributed by atoms with Crippen molar-refractivity contribution in [3.8, 4) is 5.75 Å². The van der Waals surface area contributed by atoms with Crippen LogP contribution in [-0.2, 0) is 6.61 Å². The Morgan fingerprint density at radius 2 is 2.15 bits per heavy atom. The van der Waals surface area contributed by atoms with E-state index in [0.717, 1.165) is 0 Å². The highest BCUT2D eigenvalue weighted by Crippen LogP contribution is 2.15. The number of nitrogen functional groups attached to an aromatic ring is 1. The van der Waals surface area contributed by atoms with Crippen molar-refractivity contribution in [1.82, 2.24) is 10.6 Å². The average Bonchev–Trinajstić information content (AvgIpc) is 2.93. The normalized spacial score (nSPS) is 10.1. The number of hydrogen-bond donors (Lipinski definition) is 3. The molecule has 1 aromatic carbocycles. The summed E-state index contributed by atoms with van der Waals surface area (Å²) in [7, 11) is 0. The minimum absolute atomic E-state index is 0.0487. The third-order valence-electron chi connectivity index (χ3n) is 2.42. The number of rotatable bonds is 5. The molecule has 2 amide bonds. The molecule has 2 aromatic rings. The van der Waals surface area contributed by atoms with Gasteiger partial charge in [-0.15, -0.1) is 0 Å². The van der Waals surface area contributed by atoms with Crippen molar-refractivity contribution in [3.63, 3.8) is 0 Å². The lowest BCUT2D eigenvalue weighted by Gasteiger charge is -2.04. The van der Waals surface area contributed by atoms with Crippen molar-refractivity contribution in [1.29, 1.82) is 0 Å². The van der Waals surface area contributed by atoms with Crippen molar-refractivity contribution in [2.75, 3.05) is 0 Å². The van der Waals surface area contributed by atoms with E-state index in [1.54, 1.807) is 18.2 Å². The van der Waals surface area contributed by atoms with E-state index in [1.165, 1.54) is 12.1 Å². The van der Waals surface area contributed by atoms with Gasteiger partial charge in [-0.2, -0.15) is 0 Å². The molecular weight excluding hydrogens is 264 g/mol. The van der Waals surface area contributed by atoms with Crippen LogP contribution in [0.25, 0.3) is 0 Å². The molecule has 20 heavy (non-hydrogen) atoms. The highest BCUT2D eigenvalue weighted by Gasteiger charge is 2.11. The van der Waals surface area contributed by atoms with Crippen molar-refractivity contribution in [3.05, 3.63) is 47.3 Å². The van der Waals surface area contributed by atoms with Gasteiger partial charge in [-0.3, -0.25) is 15.0 Å². The first-order chi connectivity index (χ1) is 9.60. The molecule has 0 aliphatic carbocycles. The molecule has 0 atom stereocenters. The number of ether oxygens (including phenoxy) is 1. The first-order valence-electron chi connectivity index (χ1n) is 5.59. The number of primary amides is 1. The molecule has 0 radical (unpaired) electrons. The molecule has 8 nitrogen and oxygen atoms in total. The highest BCUT2D eigenvalue weighted by molar-refractivity contribution is 5.93. The van der Waals surface area contributed by atoms with Crippen LogP contribution in [0.5, 0.6) is 5.75 Å². The second kappa shape index (κ2) is 5.85. The van der Waals surface area contributed by atoms with Crippen LogP contribution in [0.3, 0.4) is 0 Å². The van der Waals surface area contributed by atoms with Gasteiger partial charge in [0.15, 0.2) is 11.5 Å². The molecule has 104 valence electrons. The van der Waals surface area contributed by atoms with Crippen LogP contribution in [0.15, 0.2) is 34.9 Å². The van der Waals surface area contributed by atoms with Crippen LogP contribution < -0.4 is 21.7 Å². The fourth-order valence-corrected chi connectivity index (χ4v) is 1.46. The number of amides is 2. The zero-order valence-electron chi connectivity index (χ0n) is 10.3. The molecule has 0 fully saturated rings. The maximum absolute atomic E-state index is 11.2. The predicted molar refractivity (Wildman–Crippen MR) is 67.4 cm³/mol. The Kier molecular flexibility index (Phi) is 3.96. The van der Waals surface area contributed by atoms with Crippen molar-refractivity contribution in [2.24, 2.45) is 11.6 Å². The molecule has 0 bridgehead atoms. The highest BCUT2D eigenvalue weighted by atomic mass is 16.5. The van der Waals surface area contributed by atoms with E-state index in [1.807, 2.05) is 5.43 Å². The molecule has 0 aliphatic heterocycles. The lowest BCUT2D eigenvalue weighted by molar-refractivity contribution is 0.0943. The standard InChI is InChI=1S/C12H12N4O4/c13-11(17)7-2-1-3-8(4-7)19-6-9-5-10(16-20-9)12(18)15-14/h1-5H,6,14H2,(H2,13,17)(H,15,18). The zero-order chi connectivity index (χ0) is 14.5. The van der Waals surface area contributed by atoms with Gasteiger partial charge in [0.2, 0.25) is 5.91 Å². The number of nitrogens with one attached hydrogen (secondary N) is 1. The van der Waals surface area contributed by atoms with Gasteiger partial charge in [0.05, 0.1) is 0 Å². The quantitative estimate of drug-likeness (QED) is 0.398. The molecule has 1 aromatic heterocycles. The van der Waals surface area contributed by atoms with E-state index < -0.39 is 11.8 Å². The maximum Gasteiger partial charge on any atom is 0.287 e. The molecule has 2 rings (SSSR count). The molecule has 0 spiro atoms. The Labute approximate surface area is 113 Å². The second-order valence-corrected chi connectivity index (χ2v) is 3.83. The van der Waals surface area contributed by atoms with Crippen LogP contribution in [0.1, 0.15) is 26.6 Å². The largest absolute Gasteiger partial charge is 0.486 e. The lowest BCUT2D eigenvalue weighted by atomic mass is 10.2. The molecular formula is C12H12N4O4. The number of hydrazine groups is 1. The number of aromatic nitrogens is 1. The van der Waals surface area contributed by atoms with E-state index in [9.17, 15) is 9.59 Å². The van der Waals surface area contributed by atoms with E-state index in [4.69, 9.17) is 20.8 Å². The minimum Gasteiger partial charge on any atom is -0.486 e. The summed E-state index contributed by atoms with van der Waals surface area (Å²) in [6.45, 7) is 0.0487. The number of hydrogen-bond acceptors (Lipinski definition) is 6. The third kappa shape index (κ3) is 3.12. The van der Waals surface area contributed by atoms with Gasteiger partial charge < -0.3 is 15.0 Å². The SMILES string of the molecule is NNC(=O)c1cc(COc2cccc(C(N)=O)c2)on1. The van der Waals surface area contributed by atoms with Gasteiger partial charge in [-0.1, -0.05) is 11.2 Å². The zero-order valence-corrected chi connectivity index (χ0v) is 10.3. The minimum atomic E-state index is -0.560. The van der Waals surface area contributed by atoms with Crippen molar-refractivity contribution in [2.45, 2.75) is 6.61 Å². The fraction of sp³-hybridized carbons (Fsp3) is 0.0833. The first-order valence-corrected chi connectivity index (χ1v) is 5.59. The number of nitrogens with zero attached hydrogens (tertiary/aromatic N) is 1. The second-order valence-electron chi connectivity index (χ2n) is 3.83. The van der Waals surface area contributed by atoms with Crippen LogP contribution in [0, 0.1) is 0 Å². The fourth-order valence-electron chi connectivity index (χ4n) is 1.46. The number of nitrogens with two attached hydrogens (primary N) is 2. The van der Waals surface area contributed by atoms with Crippen molar-refractivity contribution >= 4 is 11.8 Å². The van der Waals surface area contributed by atoms with Crippen molar-refractivity contribution < 1.29 is 18.8 Å².